The fourth-order valence-corrected chi connectivity index (χ4v) is 2.60. The molecule has 0 fully saturated rings. The number of anilines is 2. The molecule has 6 nitrogen and oxygen atoms in total. The lowest BCUT2D eigenvalue weighted by atomic mass is 10.1. The largest absolute Gasteiger partial charge is 0.305 e. The molecule has 0 bridgehead atoms. The number of thiazole rings is 1. The van der Waals surface area contributed by atoms with Crippen LogP contribution < -0.4 is 10.8 Å². The Morgan fingerprint density at radius 2 is 1.90 bits per heavy atom. The van der Waals surface area contributed by atoms with Gasteiger partial charge in [-0.2, -0.15) is 0 Å². The first-order valence-electron chi connectivity index (χ1n) is 5.78. The molecule has 0 atom stereocenters. The number of nitrogens with zero attached hydrogens (tertiary/aromatic N) is 2. The minimum atomic E-state index is 0.527. The Balaban J connectivity index is 2.00. The van der Waals surface area contributed by atoms with Crippen LogP contribution in [0.5, 0.6) is 0 Å². The van der Waals surface area contributed by atoms with Crippen molar-refractivity contribution in [2.24, 2.45) is 0 Å². The quantitative estimate of drug-likeness (QED) is 0.507. The van der Waals surface area contributed by atoms with Gasteiger partial charge >= 0.3 is 0 Å². The highest BCUT2D eigenvalue weighted by Crippen LogP contribution is 2.27. The summed E-state index contributed by atoms with van der Waals surface area (Å²) in [5, 5.41) is 11.8. The van der Waals surface area contributed by atoms with Crippen LogP contribution in [0.3, 0.4) is 0 Å². The monoisotopic (exact) mass is 286 g/mol. The van der Waals surface area contributed by atoms with Crippen LogP contribution in [0, 0.1) is 0 Å². The van der Waals surface area contributed by atoms with Crippen molar-refractivity contribution in [1.82, 2.24) is 9.97 Å². The van der Waals surface area contributed by atoms with Crippen molar-refractivity contribution in [3.05, 3.63) is 36.4 Å². The number of amides is 1. The molecule has 0 aliphatic heterocycles. The molecule has 0 saturated carbocycles. The molecular formula is C13H10N4O2S. The smallest absolute Gasteiger partial charge is 0.213 e. The van der Waals surface area contributed by atoms with Crippen LogP contribution in [-0.4, -0.2) is 21.6 Å². The summed E-state index contributed by atoms with van der Waals surface area (Å²) in [6, 6.07) is 11.0. The molecule has 7 heteroatoms. The zero-order valence-corrected chi connectivity index (χ0v) is 11.0. The van der Waals surface area contributed by atoms with E-state index >= 15 is 0 Å². The maximum atomic E-state index is 10.4. The Morgan fingerprint density at radius 3 is 2.60 bits per heavy atom. The molecule has 2 aromatic heterocycles. The molecule has 3 aromatic rings. The van der Waals surface area contributed by atoms with E-state index in [1.807, 2.05) is 24.3 Å². The summed E-state index contributed by atoms with van der Waals surface area (Å²) in [5.74, 6) is 0. The lowest BCUT2D eigenvalue weighted by Gasteiger charge is -2.02. The summed E-state index contributed by atoms with van der Waals surface area (Å²) >= 11 is 1.32. The van der Waals surface area contributed by atoms with Crippen molar-refractivity contribution in [2.75, 3.05) is 10.8 Å². The third-order valence-corrected chi connectivity index (χ3v) is 3.64. The van der Waals surface area contributed by atoms with E-state index in [-0.39, 0.29) is 0 Å². The highest BCUT2D eigenvalue weighted by atomic mass is 32.1. The summed E-state index contributed by atoms with van der Waals surface area (Å²) in [5.41, 5.74) is 5.19. The van der Waals surface area contributed by atoms with E-state index in [0.717, 1.165) is 21.6 Å². The van der Waals surface area contributed by atoms with Crippen LogP contribution in [-0.2, 0) is 4.79 Å². The van der Waals surface area contributed by atoms with Crippen LogP contribution in [0.2, 0.25) is 0 Å². The highest BCUT2D eigenvalue weighted by Gasteiger charge is 2.07. The van der Waals surface area contributed by atoms with Gasteiger partial charge in [0, 0.05) is 5.56 Å². The number of pyridine rings is 1. The summed E-state index contributed by atoms with van der Waals surface area (Å²) in [6.07, 6.45) is 0.596. The van der Waals surface area contributed by atoms with Gasteiger partial charge in [-0.15, -0.1) is 0 Å². The molecule has 0 saturated heterocycles. The predicted octanol–water partition coefficient (Wildman–Crippen LogP) is 2.73. The van der Waals surface area contributed by atoms with E-state index in [9.17, 15) is 4.79 Å². The second-order valence-corrected chi connectivity index (χ2v) is 4.97. The summed E-state index contributed by atoms with van der Waals surface area (Å²) in [7, 11) is 0. The number of aromatic nitrogens is 2. The van der Waals surface area contributed by atoms with Crippen molar-refractivity contribution in [3.63, 3.8) is 0 Å². The standard InChI is InChI=1S/C13H10N4O2S/c18-7-14-13-16-11-6-5-10(15-12(11)20-13)8-1-3-9(17-19)4-2-8/h1-7,17,19H,(H,14,16,18). The molecular weight excluding hydrogens is 276 g/mol. The first-order valence-corrected chi connectivity index (χ1v) is 6.60. The molecule has 3 rings (SSSR count). The van der Waals surface area contributed by atoms with Crippen LogP contribution >= 0.6 is 11.3 Å². The van der Waals surface area contributed by atoms with Crippen LogP contribution in [0.1, 0.15) is 0 Å². The first-order chi connectivity index (χ1) is 9.80. The van der Waals surface area contributed by atoms with Gasteiger partial charge in [-0.25, -0.2) is 9.97 Å². The molecule has 2 heterocycles. The van der Waals surface area contributed by atoms with Crippen LogP contribution in [0.25, 0.3) is 21.6 Å². The average molecular weight is 286 g/mol. The van der Waals surface area contributed by atoms with E-state index in [4.69, 9.17) is 5.21 Å². The molecule has 1 aromatic carbocycles. The van der Waals surface area contributed by atoms with E-state index < -0.39 is 0 Å². The number of hydrogen-bond donors (Lipinski definition) is 3. The Kier molecular flexibility index (Phi) is 3.28. The topological polar surface area (TPSA) is 87.1 Å². The van der Waals surface area contributed by atoms with Gasteiger partial charge in [0.05, 0.1) is 11.4 Å². The Labute approximate surface area is 118 Å². The van der Waals surface area contributed by atoms with Crippen molar-refractivity contribution in [1.29, 1.82) is 0 Å². The fourth-order valence-electron chi connectivity index (χ4n) is 1.81. The maximum Gasteiger partial charge on any atom is 0.213 e. The Hall–Kier alpha value is -2.51. The number of nitrogens with one attached hydrogen (secondary N) is 2. The second-order valence-electron chi connectivity index (χ2n) is 3.99. The zero-order chi connectivity index (χ0) is 13.9. The molecule has 3 N–H and O–H groups in total. The number of carbonyl (C=O) groups excluding carboxylic acids is 1. The Bertz CT molecular complexity index is 755. The normalized spacial score (nSPS) is 10.4. The van der Waals surface area contributed by atoms with Gasteiger partial charge in [-0.05, 0) is 24.3 Å². The first kappa shape index (κ1) is 12.5. The SMILES string of the molecule is O=CNc1nc2ccc(-c3ccc(NO)cc3)nc2s1. The van der Waals surface area contributed by atoms with E-state index in [1.54, 1.807) is 12.1 Å². The van der Waals surface area contributed by atoms with Gasteiger partial charge in [0.1, 0.15) is 10.3 Å². The van der Waals surface area contributed by atoms with Crippen molar-refractivity contribution in [3.8, 4) is 11.3 Å². The van der Waals surface area contributed by atoms with Crippen molar-refractivity contribution in [2.45, 2.75) is 0 Å². The molecule has 0 aliphatic rings. The molecule has 1 amide bonds. The predicted molar refractivity (Wildman–Crippen MR) is 77.9 cm³/mol. The summed E-state index contributed by atoms with van der Waals surface area (Å²) in [6.45, 7) is 0. The molecule has 0 unspecified atom stereocenters. The number of carbonyl (C=O) groups is 1. The lowest BCUT2D eigenvalue weighted by molar-refractivity contribution is -0.105. The molecule has 0 radical (unpaired) electrons. The van der Waals surface area contributed by atoms with Crippen molar-refractivity contribution >= 4 is 38.9 Å². The maximum absolute atomic E-state index is 10.4. The van der Waals surface area contributed by atoms with E-state index in [0.29, 0.717) is 17.2 Å². The van der Waals surface area contributed by atoms with E-state index in [2.05, 4.69) is 20.8 Å². The van der Waals surface area contributed by atoms with Gasteiger partial charge < -0.3 is 5.32 Å². The van der Waals surface area contributed by atoms with Gasteiger partial charge in [-0.3, -0.25) is 15.5 Å². The molecule has 100 valence electrons. The minimum Gasteiger partial charge on any atom is -0.305 e. The molecule has 0 aliphatic carbocycles. The zero-order valence-electron chi connectivity index (χ0n) is 10.2. The highest BCUT2D eigenvalue weighted by molar-refractivity contribution is 7.21. The number of rotatable bonds is 4. The third kappa shape index (κ3) is 2.31. The molecule has 20 heavy (non-hydrogen) atoms. The second kappa shape index (κ2) is 5.24. The van der Waals surface area contributed by atoms with Crippen LogP contribution in [0.15, 0.2) is 36.4 Å². The van der Waals surface area contributed by atoms with Crippen LogP contribution in [0.4, 0.5) is 10.8 Å². The van der Waals surface area contributed by atoms with Gasteiger partial charge in [0.2, 0.25) is 6.41 Å². The minimum absolute atomic E-state index is 0.527. The van der Waals surface area contributed by atoms with Gasteiger partial charge in [0.25, 0.3) is 0 Å². The average Bonchev–Trinajstić information content (AvgIpc) is 2.89. The van der Waals surface area contributed by atoms with Gasteiger partial charge in [0.15, 0.2) is 5.13 Å². The number of benzene rings is 1. The fraction of sp³-hybridized carbons (Fsp3) is 0. The third-order valence-electron chi connectivity index (χ3n) is 2.75. The number of hydrogen-bond acceptors (Lipinski definition) is 6. The van der Waals surface area contributed by atoms with E-state index in [1.165, 1.54) is 11.3 Å². The summed E-state index contributed by atoms with van der Waals surface area (Å²) < 4.78 is 0. The van der Waals surface area contributed by atoms with Crippen molar-refractivity contribution < 1.29 is 10.0 Å². The Morgan fingerprint density at radius 1 is 1.10 bits per heavy atom. The summed E-state index contributed by atoms with van der Waals surface area (Å²) in [4.78, 5) is 19.9. The molecule has 0 spiro atoms. The number of fused-ring (bicyclic) bond motifs is 1. The lowest BCUT2D eigenvalue weighted by Crippen LogP contribution is -1.91. The van der Waals surface area contributed by atoms with Gasteiger partial charge in [-0.1, -0.05) is 23.5 Å².